The first kappa shape index (κ1) is 34.3. The zero-order valence-corrected chi connectivity index (χ0v) is 25.9. The molecule has 0 atom stereocenters. The summed E-state index contributed by atoms with van der Waals surface area (Å²) in [5.41, 5.74) is 4.66. The summed E-state index contributed by atoms with van der Waals surface area (Å²) < 4.78 is 32.3. The fraction of sp³-hybridized carbons (Fsp3) is 0.545. The lowest BCUT2D eigenvalue weighted by atomic mass is 9.98. The Hall–Kier alpha value is -3.55. The lowest BCUT2D eigenvalue weighted by Crippen LogP contribution is -2.50. The smallest absolute Gasteiger partial charge is 0.409 e. The second-order valence-corrected chi connectivity index (χ2v) is 10.8. The Morgan fingerprint density at radius 1 is 0.778 bits per heavy atom. The van der Waals surface area contributed by atoms with Crippen LogP contribution in [0.3, 0.4) is 0 Å². The van der Waals surface area contributed by atoms with E-state index >= 15 is 0 Å². The molecule has 12 heteroatoms. The molecule has 2 aliphatic rings. The second-order valence-electron chi connectivity index (χ2n) is 10.8. The average molecular weight is 629 g/mol. The van der Waals surface area contributed by atoms with E-state index in [2.05, 4.69) is 24.3 Å². The van der Waals surface area contributed by atoms with E-state index in [1.165, 1.54) is 11.1 Å². The van der Waals surface area contributed by atoms with Crippen LogP contribution >= 0.6 is 0 Å². The maximum Gasteiger partial charge on any atom is 0.409 e. The number of carbonyl (C=O) groups excluding carboxylic acids is 2. The standard InChI is InChI=1S/C33H44N2O10/c1-40-16-17-42-20-21-43-19-18-41-15-14-35(31(36)23-44-24-32(37)38)25-10-12-34(13-11-25)33(39)45-22-30-28-8-4-2-6-26(28)27-7-3-5-9-29(27)30/h2-9,25,30H,10-24H2,1H3,(H,37,38). The van der Waals surface area contributed by atoms with Crippen LogP contribution in [-0.4, -0.2) is 132 Å². The van der Waals surface area contributed by atoms with Gasteiger partial charge in [0.05, 0.1) is 46.2 Å². The molecular weight excluding hydrogens is 584 g/mol. The minimum absolute atomic E-state index is 0.0163. The Labute approximate surface area is 264 Å². The molecule has 1 N–H and O–H groups in total. The molecule has 12 nitrogen and oxygen atoms in total. The molecule has 0 unspecified atom stereocenters. The zero-order valence-electron chi connectivity index (χ0n) is 25.9. The summed E-state index contributed by atoms with van der Waals surface area (Å²) in [6.07, 6.45) is 0.743. The molecule has 1 heterocycles. The molecule has 0 bridgehead atoms. The van der Waals surface area contributed by atoms with E-state index < -0.39 is 12.6 Å². The number of aliphatic carboxylic acids is 1. The van der Waals surface area contributed by atoms with Crippen LogP contribution in [0.2, 0.25) is 0 Å². The highest BCUT2D eigenvalue weighted by Gasteiger charge is 2.32. The minimum Gasteiger partial charge on any atom is -0.480 e. The maximum absolute atomic E-state index is 13.1. The highest BCUT2D eigenvalue weighted by atomic mass is 16.6. The van der Waals surface area contributed by atoms with E-state index in [0.29, 0.717) is 72.1 Å². The lowest BCUT2D eigenvalue weighted by Gasteiger charge is -2.38. The number of carbonyl (C=O) groups is 3. The van der Waals surface area contributed by atoms with Gasteiger partial charge in [-0.25, -0.2) is 9.59 Å². The van der Waals surface area contributed by atoms with Crippen LogP contribution in [0, 0.1) is 0 Å². The van der Waals surface area contributed by atoms with Gasteiger partial charge in [0.15, 0.2) is 0 Å². The molecular formula is C33H44N2O10. The summed E-state index contributed by atoms with van der Waals surface area (Å²) in [6.45, 7) is 3.53. The minimum atomic E-state index is -1.14. The van der Waals surface area contributed by atoms with Gasteiger partial charge in [-0.05, 0) is 35.1 Å². The molecule has 0 spiro atoms. The van der Waals surface area contributed by atoms with Crippen molar-refractivity contribution in [3.05, 3.63) is 59.7 Å². The number of piperidine rings is 1. The number of carboxylic acid groups (broad SMARTS) is 1. The first-order chi connectivity index (χ1) is 22.0. The van der Waals surface area contributed by atoms with Gasteiger partial charge in [0, 0.05) is 38.7 Å². The molecule has 0 radical (unpaired) electrons. The van der Waals surface area contributed by atoms with Gasteiger partial charge in [0.25, 0.3) is 0 Å². The summed E-state index contributed by atoms with van der Waals surface area (Å²) >= 11 is 0. The molecule has 2 aromatic rings. The number of ether oxygens (including phenoxy) is 6. The van der Waals surface area contributed by atoms with Crippen molar-refractivity contribution in [1.82, 2.24) is 9.80 Å². The quantitative estimate of drug-likeness (QED) is 0.232. The fourth-order valence-electron chi connectivity index (χ4n) is 5.71. The number of rotatable bonds is 19. The van der Waals surface area contributed by atoms with E-state index in [1.54, 1.807) is 16.9 Å². The Morgan fingerprint density at radius 3 is 1.91 bits per heavy atom. The van der Waals surface area contributed by atoms with Crippen molar-refractivity contribution in [3.63, 3.8) is 0 Å². The summed E-state index contributed by atoms with van der Waals surface area (Å²) in [5.74, 6) is -1.47. The van der Waals surface area contributed by atoms with E-state index in [9.17, 15) is 14.4 Å². The van der Waals surface area contributed by atoms with Crippen molar-refractivity contribution in [2.24, 2.45) is 0 Å². The molecule has 45 heavy (non-hydrogen) atoms. The third kappa shape index (κ3) is 10.2. The Morgan fingerprint density at radius 2 is 1.33 bits per heavy atom. The number of benzene rings is 2. The predicted molar refractivity (Wildman–Crippen MR) is 164 cm³/mol. The number of amides is 2. The number of hydrogen-bond donors (Lipinski definition) is 1. The van der Waals surface area contributed by atoms with Crippen molar-refractivity contribution in [3.8, 4) is 11.1 Å². The average Bonchev–Trinajstić information content (AvgIpc) is 3.37. The third-order valence-corrected chi connectivity index (χ3v) is 7.92. The van der Waals surface area contributed by atoms with Crippen LogP contribution in [0.1, 0.15) is 29.9 Å². The molecule has 0 aromatic heterocycles. The molecule has 1 saturated heterocycles. The number of hydrogen-bond acceptors (Lipinski definition) is 9. The van der Waals surface area contributed by atoms with Gasteiger partial charge in [-0.15, -0.1) is 0 Å². The van der Waals surface area contributed by atoms with Crippen molar-refractivity contribution in [2.45, 2.75) is 24.8 Å². The van der Waals surface area contributed by atoms with Crippen LogP contribution in [0.15, 0.2) is 48.5 Å². The third-order valence-electron chi connectivity index (χ3n) is 7.92. The Bertz CT molecular complexity index is 1190. The van der Waals surface area contributed by atoms with Crippen LogP contribution < -0.4 is 0 Å². The first-order valence-corrected chi connectivity index (χ1v) is 15.4. The van der Waals surface area contributed by atoms with E-state index in [4.69, 9.17) is 33.5 Å². The predicted octanol–water partition coefficient (Wildman–Crippen LogP) is 3.03. The topological polar surface area (TPSA) is 133 Å². The number of methoxy groups -OCH3 is 1. The molecule has 2 amide bonds. The molecule has 2 aromatic carbocycles. The SMILES string of the molecule is COCCOCCOCCOCCN(C(=O)COCC(=O)O)C1CCN(C(=O)OCC2c3ccccc3-c3ccccc32)CC1. The first-order valence-electron chi connectivity index (χ1n) is 15.4. The Balaban J connectivity index is 1.22. The summed E-state index contributed by atoms with van der Waals surface area (Å²) in [6, 6.07) is 16.3. The largest absolute Gasteiger partial charge is 0.480 e. The normalized spacial score (nSPS) is 14.6. The molecule has 0 saturated carbocycles. The van der Waals surface area contributed by atoms with Gasteiger partial charge in [-0.3, -0.25) is 4.79 Å². The van der Waals surface area contributed by atoms with Gasteiger partial charge >= 0.3 is 12.1 Å². The summed E-state index contributed by atoms with van der Waals surface area (Å²) in [4.78, 5) is 40.3. The molecule has 1 aliphatic carbocycles. The molecule has 4 rings (SSSR count). The Kier molecular flexibility index (Phi) is 14.1. The van der Waals surface area contributed by atoms with Crippen molar-refractivity contribution >= 4 is 18.0 Å². The van der Waals surface area contributed by atoms with E-state index in [1.807, 2.05) is 24.3 Å². The van der Waals surface area contributed by atoms with Gasteiger partial charge in [0.1, 0.15) is 19.8 Å². The highest BCUT2D eigenvalue weighted by Crippen LogP contribution is 2.44. The van der Waals surface area contributed by atoms with Gasteiger partial charge in [0.2, 0.25) is 5.91 Å². The summed E-state index contributed by atoms with van der Waals surface area (Å²) in [5, 5.41) is 8.88. The fourth-order valence-corrected chi connectivity index (χ4v) is 5.71. The second kappa shape index (κ2) is 18.4. The van der Waals surface area contributed by atoms with Crippen LogP contribution in [0.4, 0.5) is 4.79 Å². The monoisotopic (exact) mass is 628 g/mol. The van der Waals surface area contributed by atoms with Crippen LogP contribution in [0.5, 0.6) is 0 Å². The van der Waals surface area contributed by atoms with Gasteiger partial charge in [-0.1, -0.05) is 48.5 Å². The lowest BCUT2D eigenvalue weighted by molar-refractivity contribution is -0.147. The number of nitrogens with zero attached hydrogens (tertiary/aromatic N) is 2. The van der Waals surface area contributed by atoms with Gasteiger partial charge < -0.3 is 43.3 Å². The van der Waals surface area contributed by atoms with E-state index in [0.717, 1.165) is 11.1 Å². The van der Waals surface area contributed by atoms with Crippen molar-refractivity contribution in [2.75, 3.05) is 92.8 Å². The molecule has 1 aliphatic heterocycles. The van der Waals surface area contributed by atoms with Gasteiger partial charge in [-0.2, -0.15) is 0 Å². The van der Waals surface area contributed by atoms with Crippen LogP contribution in [0.25, 0.3) is 11.1 Å². The molecule has 1 fully saturated rings. The van der Waals surface area contributed by atoms with Crippen molar-refractivity contribution in [1.29, 1.82) is 0 Å². The zero-order chi connectivity index (χ0) is 31.9. The van der Waals surface area contributed by atoms with E-state index in [-0.39, 0.29) is 43.8 Å². The van der Waals surface area contributed by atoms with Crippen molar-refractivity contribution < 1.29 is 47.9 Å². The maximum atomic E-state index is 13.1. The number of likely N-dealkylation sites (tertiary alicyclic amines) is 1. The van der Waals surface area contributed by atoms with Crippen LogP contribution in [-0.2, 0) is 38.0 Å². The number of carboxylic acids is 1. The molecule has 246 valence electrons. The summed E-state index contributed by atoms with van der Waals surface area (Å²) in [7, 11) is 1.62. The highest BCUT2D eigenvalue weighted by molar-refractivity contribution is 5.79. The number of fused-ring (bicyclic) bond motifs is 3.